The number of benzene rings is 2. The summed E-state index contributed by atoms with van der Waals surface area (Å²) in [5.41, 5.74) is 2.03. The van der Waals surface area contributed by atoms with Crippen LogP contribution in [0.3, 0.4) is 0 Å². The van der Waals surface area contributed by atoms with Crippen LogP contribution in [0, 0.1) is 6.92 Å². The van der Waals surface area contributed by atoms with Crippen molar-refractivity contribution >= 4 is 22.5 Å². The van der Waals surface area contributed by atoms with Crippen molar-refractivity contribution in [1.29, 1.82) is 0 Å². The largest absolute Gasteiger partial charge is 0.493 e. The molecule has 0 bridgehead atoms. The first-order valence-electron chi connectivity index (χ1n) is 7.58. The third kappa shape index (κ3) is 3.43. The van der Waals surface area contributed by atoms with Crippen molar-refractivity contribution in [2.75, 3.05) is 6.61 Å². The molecular weight excluding hydrogens is 306 g/mol. The Morgan fingerprint density at radius 2 is 1.96 bits per heavy atom. The minimum atomic E-state index is -0.410. The summed E-state index contributed by atoms with van der Waals surface area (Å²) in [6.45, 7) is 2.14. The zero-order chi connectivity index (χ0) is 16.9. The van der Waals surface area contributed by atoms with Gasteiger partial charge in [0.15, 0.2) is 5.69 Å². The smallest absolute Gasteiger partial charge is 0.268 e. The van der Waals surface area contributed by atoms with Gasteiger partial charge in [-0.2, -0.15) is 0 Å². The maximum atomic E-state index is 11.8. The molecule has 6 nitrogen and oxygen atoms in total. The Morgan fingerprint density at radius 3 is 2.75 bits per heavy atom. The SMILES string of the molecule is Cc1cccc2c(N=NC(=O)CCOc3ccccc3)c(O)[nH]c12. The Bertz CT molecular complexity index is 885. The summed E-state index contributed by atoms with van der Waals surface area (Å²) in [4.78, 5) is 14.7. The molecule has 3 rings (SSSR count). The molecule has 0 aliphatic carbocycles. The molecule has 0 radical (unpaired) electrons. The normalized spacial score (nSPS) is 11.2. The van der Waals surface area contributed by atoms with Gasteiger partial charge in [-0.25, -0.2) is 0 Å². The number of rotatable bonds is 5. The maximum Gasteiger partial charge on any atom is 0.268 e. The number of hydrogen-bond donors (Lipinski definition) is 2. The third-order valence-corrected chi connectivity index (χ3v) is 3.59. The lowest BCUT2D eigenvalue weighted by Gasteiger charge is -2.02. The minimum absolute atomic E-state index is 0.101. The van der Waals surface area contributed by atoms with Crippen molar-refractivity contribution in [2.24, 2.45) is 10.2 Å². The number of H-pyrrole nitrogens is 1. The molecule has 24 heavy (non-hydrogen) atoms. The van der Waals surface area contributed by atoms with Gasteiger partial charge >= 0.3 is 0 Å². The first-order valence-corrected chi connectivity index (χ1v) is 7.58. The van der Waals surface area contributed by atoms with Crippen LogP contribution in [0.1, 0.15) is 12.0 Å². The second-order valence-corrected chi connectivity index (χ2v) is 5.32. The highest BCUT2D eigenvalue weighted by Gasteiger charge is 2.12. The van der Waals surface area contributed by atoms with E-state index in [4.69, 9.17) is 4.74 Å². The quantitative estimate of drug-likeness (QED) is 0.688. The van der Waals surface area contributed by atoms with Crippen LogP contribution in [-0.4, -0.2) is 22.6 Å². The fourth-order valence-electron chi connectivity index (χ4n) is 2.37. The Morgan fingerprint density at radius 1 is 1.17 bits per heavy atom. The van der Waals surface area contributed by atoms with Crippen molar-refractivity contribution in [1.82, 2.24) is 4.98 Å². The molecule has 0 unspecified atom stereocenters. The van der Waals surface area contributed by atoms with E-state index in [0.717, 1.165) is 16.5 Å². The number of nitrogens with zero attached hydrogens (tertiary/aromatic N) is 2. The van der Waals surface area contributed by atoms with Crippen molar-refractivity contribution in [2.45, 2.75) is 13.3 Å². The van der Waals surface area contributed by atoms with Crippen molar-refractivity contribution in [3.05, 3.63) is 54.1 Å². The first kappa shape index (κ1) is 15.7. The lowest BCUT2D eigenvalue weighted by atomic mass is 10.1. The summed E-state index contributed by atoms with van der Waals surface area (Å²) in [7, 11) is 0. The number of carbonyl (C=O) groups is 1. The fourth-order valence-corrected chi connectivity index (χ4v) is 2.37. The van der Waals surface area contributed by atoms with E-state index in [0.29, 0.717) is 5.75 Å². The summed E-state index contributed by atoms with van der Waals surface area (Å²) in [5.74, 6) is 0.190. The van der Waals surface area contributed by atoms with Crippen LogP contribution in [-0.2, 0) is 4.79 Å². The lowest BCUT2D eigenvalue weighted by Crippen LogP contribution is -2.03. The van der Waals surface area contributed by atoms with E-state index in [-0.39, 0.29) is 24.6 Å². The minimum Gasteiger partial charge on any atom is -0.493 e. The standard InChI is InChI=1S/C18H17N3O3/c1-12-6-5-9-14-16(12)19-18(23)17(14)21-20-15(22)10-11-24-13-7-3-2-4-8-13/h2-9,19,23H,10-11H2,1H3. The Kier molecular flexibility index (Phi) is 4.56. The molecule has 1 heterocycles. The topological polar surface area (TPSA) is 87.0 Å². The number of ether oxygens (including phenoxy) is 1. The molecule has 0 fully saturated rings. The predicted molar refractivity (Wildman–Crippen MR) is 90.8 cm³/mol. The van der Waals surface area contributed by atoms with Gasteiger partial charge in [-0.15, -0.1) is 10.2 Å². The van der Waals surface area contributed by atoms with Crippen LogP contribution in [0.25, 0.3) is 10.9 Å². The monoisotopic (exact) mass is 323 g/mol. The molecule has 0 spiro atoms. The number of aromatic nitrogens is 1. The van der Waals surface area contributed by atoms with Crippen LogP contribution in [0.15, 0.2) is 58.8 Å². The van der Waals surface area contributed by atoms with Gasteiger partial charge in [0.05, 0.1) is 18.5 Å². The number of fused-ring (bicyclic) bond motifs is 1. The molecule has 1 amide bonds. The number of aromatic hydroxyl groups is 1. The van der Waals surface area contributed by atoms with Gasteiger partial charge in [0.1, 0.15) is 5.75 Å². The molecule has 0 aliphatic rings. The Labute approximate surface area is 138 Å². The van der Waals surface area contributed by atoms with E-state index < -0.39 is 5.91 Å². The van der Waals surface area contributed by atoms with E-state index in [2.05, 4.69) is 15.2 Å². The maximum absolute atomic E-state index is 11.8. The summed E-state index contributed by atoms with van der Waals surface area (Å²) < 4.78 is 5.45. The highest BCUT2D eigenvalue weighted by Crippen LogP contribution is 2.36. The Hall–Kier alpha value is -3.15. The molecule has 0 atom stereocenters. The van der Waals surface area contributed by atoms with Crippen molar-refractivity contribution in [3.63, 3.8) is 0 Å². The third-order valence-electron chi connectivity index (χ3n) is 3.59. The lowest BCUT2D eigenvalue weighted by molar-refractivity contribution is -0.118. The van der Waals surface area contributed by atoms with Crippen molar-refractivity contribution in [3.8, 4) is 11.6 Å². The number of carbonyl (C=O) groups excluding carboxylic acids is 1. The van der Waals surface area contributed by atoms with Gasteiger partial charge in [0, 0.05) is 5.39 Å². The van der Waals surface area contributed by atoms with Crippen LogP contribution in [0.2, 0.25) is 0 Å². The van der Waals surface area contributed by atoms with Gasteiger partial charge in [-0.3, -0.25) is 4.79 Å². The van der Waals surface area contributed by atoms with E-state index in [1.54, 1.807) is 0 Å². The number of hydrogen-bond acceptors (Lipinski definition) is 4. The second kappa shape index (κ2) is 6.95. The summed E-state index contributed by atoms with van der Waals surface area (Å²) in [6.07, 6.45) is 0.112. The van der Waals surface area contributed by atoms with Crippen LogP contribution < -0.4 is 4.74 Å². The Balaban J connectivity index is 1.64. The number of aromatic amines is 1. The van der Waals surface area contributed by atoms with E-state index in [1.807, 2.05) is 55.5 Å². The van der Waals surface area contributed by atoms with Gasteiger partial charge in [0.25, 0.3) is 5.91 Å². The van der Waals surface area contributed by atoms with Crippen LogP contribution in [0.4, 0.5) is 5.69 Å². The highest BCUT2D eigenvalue weighted by molar-refractivity contribution is 5.96. The molecule has 122 valence electrons. The molecule has 1 aromatic heterocycles. The zero-order valence-corrected chi connectivity index (χ0v) is 13.2. The van der Waals surface area contributed by atoms with Crippen LogP contribution >= 0.6 is 0 Å². The van der Waals surface area contributed by atoms with E-state index in [9.17, 15) is 9.90 Å². The zero-order valence-electron chi connectivity index (χ0n) is 13.2. The molecule has 3 aromatic rings. The average Bonchev–Trinajstić information content (AvgIpc) is 2.91. The summed E-state index contributed by atoms with van der Waals surface area (Å²) in [6, 6.07) is 14.8. The summed E-state index contributed by atoms with van der Waals surface area (Å²) in [5, 5.41) is 18.2. The first-order chi connectivity index (χ1) is 11.6. The molecule has 6 heteroatoms. The second-order valence-electron chi connectivity index (χ2n) is 5.32. The molecule has 0 saturated heterocycles. The van der Waals surface area contributed by atoms with Gasteiger partial charge < -0.3 is 14.8 Å². The number of aryl methyl sites for hydroxylation is 1. The molecule has 0 aliphatic heterocycles. The number of nitrogens with one attached hydrogen (secondary N) is 1. The van der Waals surface area contributed by atoms with Gasteiger partial charge in [-0.05, 0) is 24.6 Å². The summed E-state index contributed by atoms with van der Waals surface area (Å²) >= 11 is 0. The number of azo groups is 1. The molecule has 2 aromatic carbocycles. The molecule has 0 saturated carbocycles. The average molecular weight is 323 g/mol. The van der Waals surface area contributed by atoms with Crippen LogP contribution in [0.5, 0.6) is 11.6 Å². The van der Waals surface area contributed by atoms with Gasteiger partial charge in [0.2, 0.25) is 5.88 Å². The number of para-hydroxylation sites is 2. The fraction of sp³-hybridized carbons (Fsp3) is 0.167. The van der Waals surface area contributed by atoms with Crippen molar-refractivity contribution < 1.29 is 14.6 Å². The number of amides is 1. The molecule has 2 N–H and O–H groups in total. The van der Waals surface area contributed by atoms with Gasteiger partial charge in [-0.1, -0.05) is 36.4 Å². The predicted octanol–water partition coefficient (Wildman–Crippen LogP) is 4.26. The molecular formula is C18H17N3O3. The van der Waals surface area contributed by atoms with E-state index in [1.165, 1.54) is 0 Å². The highest BCUT2D eigenvalue weighted by atomic mass is 16.5. The van der Waals surface area contributed by atoms with E-state index >= 15 is 0 Å².